The number of β-amino-alcohol motifs (C(OH)–C–C–N with tert-alkyl or cyclic N) is 1. The Morgan fingerprint density at radius 3 is 2.88 bits per heavy atom. The zero-order chi connectivity index (χ0) is 11.9. The van der Waals surface area contributed by atoms with E-state index in [0.717, 1.165) is 38.0 Å². The van der Waals surface area contributed by atoms with Gasteiger partial charge < -0.3 is 10.4 Å². The summed E-state index contributed by atoms with van der Waals surface area (Å²) in [6.07, 6.45) is 7.40. The second kappa shape index (κ2) is 4.52. The highest BCUT2D eigenvalue weighted by Gasteiger charge is 2.47. The van der Waals surface area contributed by atoms with Gasteiger partial charge in [0.25, 0.3) is 0 Å². The maximum absolute atomic E-state index is 10.9. The molecule has 0 aromatic rings. The van der Waals surface area contributed by atoms with Crippen LogP contribution in [0.25, 0.3) is 0 Å². The summed E-state index contributed by atoms with van der Waals surface area (Å²) in [5, 5.41) is 14.4. The van der Waals surface area contributed by atoms with Crippen LogP contribution in [0.3, 0.4) is 0 Å². The first-order valence-corrected chi connectivity index (χ1v) is 7.41. The second-order valence-corrected chi connectivity index (χ2v) is 6.36. The minimum absolute atomic E-state index is 0.338. The number of aliphatic hydroxyl groups is 1. The van der Waals surface area contributed by atoms with Crippen LogP contribution in [0, 0.1) is 5.92 Å². The topological polar surface area (TPSA) is 35.5 Å². The average Bonchev–Trinajstić information content (AvgIpc) is 3.13. The zero-order valence-electron chi connectivity index (χ0n) is 11.0. The molecule has 3 nitrogen and oxygen atoms in total. The van der Waals surface area contributed by atoms with E-state index in [9.17, 15) is 5.11 Å². The van der Waals surface area contributed by atoms with Gasteiger partial charge in [-0.25, -0.2) is 0 Å². The van der Waals surface area contributed by atoms with E-state index in [1.165, 1.54) is 32.1 Å². The summed E-state index contributed by atoms with van der Waals surface area (Å²) in [6.45, 7) is 5.39. The van der Waals surface area contributed by atoms with Crippen LogP contribution in [0.2, 0.25) is 0 Å². The molecule has 2 aliphatic heterocycles. The van der Waals surface area contributed by atoms with Gasteiger partial charge in [0.05, 0.1) is 5.60 Å². The van der Waals surface area contributed by atoms with Crippen LogP contribution in [0.15, 0.2) is 0 Å². The van der Waals surface area contributed by atoms with Crippen molar-refractivity contribution in [2.45, 2.75) is 63.1 Å². The van der Waals surface area contributed by atoms with Crippen LogP contribution >= 0.6 is 0 Å². The van der Waals surface area contributed by atoms with Gasteiger partial charge in [0.2, 0.25) is 0 Å². The van der Waals surface area contributed by atoms with Crippen molar-refractivity contribution in [3.8, 4) is 0 Å². The molecular weight excluding hydrogens is 212 g/mol. The molecule has 98 valence electrons. The average molecular weight is 238 g/mol. The molecule has 2 heterocycles. The molecule has 1 aliphatic carbocycles. The highest BCUT2D eigenvalue weighted by molar-refractivity contribution is 5.04. The van der Waals surface area contributed by atoms with Crippen molar-refractivity contribution in [1.82, 2.24) is 10.2 Å². The van der Waals surface area contributed by atoms with Crippen LogP contribution in [0.5, 0.6) is 0 Å². The van der Waals surface area contributed by atoms with Gasteiger partial charge in [0.15, 0.2) is 0 Å². The number of rotatable bonds is 3. The molecule has 17 heavy (non-hydrogen) atoms. The fourth-order valence-corrected chi connectivity index (χ4v) is 3.66. The number of likely N-dealkylation sites (tertiary alicyclic amines) is 1. The van der Waals surface area contributed by atoms with E-state index in [1.807, 2.05) is 0 Å². The van der Waals surface area contributed by atoms with Gasteiger partial charge in [0, 0.05) is 25.2 Å². The van der Waals surface area contributed by atoms with Gasteiger partial charge >= 0.3 is 0 Å². The number of hydrogen-bond donors (Lipinski definition) is 2. The molecule has 3 atom stereocenters. The van der Waals surface area contributed by atoms with E-state index in [0.29, 0.717) is 6.04 Å². The SMILES string of the molecule is CCC1CCNC(C2(O)CCN(C3CC3)C2)C1. The predicted molar refractivity (Wildman–Crippen MR) is 69.0 cm³/mol. The summed E-state index contributed by atoms with van der Waals surface area (Å²) < 4.78 is 0. The Bertz CT molecular complexity index is 279. The van der Waals surface area contributed by atoms with Gasteiger partial charge in [-0.15, -0.1) is 0 Å². The van der Waals surface area contributed by atoms with Crippen LogP contribution in [-0.4, -0.2) is 47.3 Å². The van der Waals surface area contributed by atoms with E-state index in [-0.39, 0.29) is 0 Å². The first kappa shape index (κ1) is 11.9. The highest BCUT2D eigenvalue weighted by atomic mass is 16.3. The van der Waals surface area contributed by atoms with Gasteiger partial charge in [0.1, 0.15) is 0 Å². The second-order valence-electron chi connectivity index (χ2n) is 6.36. The quantitative estimate of drug-likeness (QED) is 0.779. The van der Waals surface area contributed by atoms with Crippen LogP contribution in [-0.2, 0) is 0 Å². The fourth-order valence-electron chi connectivity index (χ4n) is 3.66. The lowest BCUT2D eigenvalue weighted by atomic mass is 9.81. The van der Waals surface area contributed by atoms with Gasteiger partial charge in [-0.2, -0.15) is 0 Å². The first-order chi connectivity index (χ1) is 8.21. The van der Waals surface area contributed by atoms with Gasteiger partial charge in [-0.05, 0) is 44.6 Å². The predicted octanol–water partition coefficient (Wildman–Crippen LogP) is 1.36. The number of nitrogens with one attached hydrogen (secondary N) is 1. The molecule has 2 N–H and O–H groups in total. The smallest absolute Gasteiger partial charge is 0.0938 e. The molecule has 0 bridgehead atoms. The van der Waals surface area contributed by atoms with E-state index in [2.05, 4.69) is 17.1 Å². The van der Waals surface area contributed by atoms with Crippen molar-refractivity contribution in [3.05, 3.63) is 0 Å². The molecule has 0 aromatic carbocycles. The highest BCUT2D eigenvalue weighted by Crippen LogP contribution is 2.37. The summed E-state index contributed by atoms with van der Waals surface area (Å²) in [6, 6.07) is 1.14. The van der Waals surface area contributed by atoms with Crippen molar-refractivity contribution in [2.75, 3.05) is 19.6 Å². The molecule has 0 radical (unpaired) electrons. The van der Waals surface area contributed by atoms with E-state index >= 15 is 0 Å². The minimum atomic E-state index is -0.448. The van der Waals surface area contributed by atoms with Crippen LogP contribution in [0.4, 0.5) is 0 Å². The molecule has 0 spiro atoms. The molecule has 1 saturated carbocycles. The van der Waals surface area contributed by atoms with E-state index < -0.39 is 5.60 Å². The normalized spacial score (nSPS) is 44.1. The third-order valence-electron chi connectivity index (χ3n) is 5.11. The Hall–Kier alpha value is -0.120. The molecule has 3 rings (SSSR count). The largest absolute Gasteiger partial charge is 0.387 e. The lowest BCUT2D eigenvalue weighted by Gasteiger charge is -2.39. The Labute approximate surface area is 105 Å². The molecule has 0 amide bonds. The summed E-state index contributed by atoms with van der Waals surface area (Å²) in [7, 11) is 0. The maximum atomic E-state index is 10.9. The van der Waals surface area contributed by atoms with Gasteiger partial charge in [-0.1, -0.05) is 13.3 Å². The molecule has 3 heteroatoms. The lowest BCUT2D eigenvalue weighted by Crippen LogP contribution is -2.55. The standard InChI is InChI=1S/C14H26N2O/c1-2-11-5-7-15-13(9-11)14(17)6-8-16(10-14)12-3-4-12/h11-13,15,17H,2-10H2,1H3. The molecule has 3 fully saturated rings. The van der Waals surface area contributed by atoms with Crippen molar-refractivity contribution in [2.24, 2.45) is 5.92 Å². The van der Waals surface area contributed by atoms with Gasteiger partial charge in [-0.3, -0.25) is 4.90 Å². The summed E-state index contributed by atoms with van der Waals surface area (Å²) in [5.74, 6) is 0.820. The summed E-state index contributed by atoms with van der Waals surface area (Å²) >= 11 is 0. The Morgan fingerprint density at radius 2 is 2.18 bits per heavy atom. The van der Waals surface area contributed by atoms with Crippen molar-refractivity contribution >= 4 is 0 Å². The monoisotopic (exact) mass is 238 g/mol. The maximum Gasteiger partial charge on any atom is 0.0938 e. The number of hydrogen-bond acceptors (Lipinski definition) is 3. The first-order valence-electron chi connectivity index (χ1n) is 7.41. The van der Waals surface area contributed by atoms with E-state index in [1.54, 1.807) is 0 Å². The van der Waals surface area contributed by atoms with E-state index in [4.69, 9.17) is 0 Å². The molecule has 3 unspecified atom stereocenters. The Kier molecular flexibility index (Phi) is 3.18. The van der Waals surface area contributed by atoms with Crippen LogP contribution in [0.1, 0.15) is 45.4 Å². The summed E-state index contributed by atoms with van der Waals surface area (Å²) in [5.41, 5.74) is -0.448. The molecular formula is C14H26N2O. The van der Waals surface area contributed by atoms with Crippen molar-refractivity contribution in [3.63, 3.8) is 0 Å². The number of piperidine rings is 1. The fraction of sp³-hybridized carbons (Fsp3) is 1.00. The molecule has 3 aliphatic rings. The molecule has 2 saturated heterocycles. The van der Waals surface area contributed by atoms with Crippen molar-refractivity contribution in [1.29, 1.82) is 0 Å². The minimum Gasteiger partial charge on any atom is -0.387 e. The van der Waals surface area contributed by atoms with Crippen molar-refractivity contribution < 1.29 is 5.11 Å². The summed E-state index contributed by atoms with van der Waals surface area (Å²) in [4.78, 5) is 2.51. The Morgan fingerprint density at radius 1 is 1.35 bits per heavy atom. The number of nitrogens with zero attached hydrogens (tertiary/aromatic N) is 1. The van der Waals surface area contributed by atoms with Crippen LogP contribution < -0.4 is 5.32 Å². The third kappa shape index (κ3) is 2.38. The third-order valence-corrected chi connectivity index (χ3v) is 5.11. The molecule has 0 aromatic heterocycles. The lowest BCUT2D eigenvalue weighted by molar-refractivity contribution is -0.00669. The zero-order valence-corrected chi connectivity index (χ0v) is 11.0. The Balaban J connectivity index is 1.62.